The van der Waals surface area contributed by atoms with Gasteiger partial charge in [-0.1, -0.05) is 24.6 Å². The lowest BCUT2D eigenvalue weighted by atomic mass is 9.81. The van der Waals surface area contributed by atoms with E-state index in [1.54, 1.807) is 10.7 Å². The predicted octanol–water partition coefficient (Wildman–Crippen LogP) is 5.19. The lowest BCUT2D eigenvalue weighted by Gasteiger charge is -2.30. The van der Waals surface area contributed by atoms with Crippen molar-refractivity contribution in [1.29, 1.82) is 5.26 Å². The maximum atomic E-state index is 12.1. The van der Waals surface area contributed by atoms with E-state index in [2.05, 4.69) is 16.0 Å². The SMILES string of the molecule is N#CC1CCN(c2ccc(-c3cc(C(=O)O)nc4c3c(C3CCC3)nn4-c3ccccc3)cn2)CC1. The number of carboxylic acids is 1. The molecule has 1 aliphatic heterocycles. The van der Waals surface area contributed by atoms with Gasteiger partial charge in [0.05, 0.1) is 22.8 Å². The number of hydrogen-bond acceptors (Lipinski definition) is 6. The van der Waals surface area contributed by atoms with Crippen LogP contribution >= 0.6 is 0 Å². The van der Waals surface area contributed by atoms with Crippen LogP contribution in [0.2, 0.25) is 0 Å². The molecule has 0 spiro atoms. The Morgan fingerprint density at radius 1 is 1.06 bits per heavy atom. The van der Waals surface area contributed by atoms with Crippen LogP contribution in [0.1, 0.15) is 54.2 Å². The number of nitrogens with zero attached hydrogens (tertiary/aromatic N) is 6. The highest BCUT2D eigenvalue weighted by Gasteiger charge is 2.29. The number of hydrogen-bond donors (Lipinski definition) is 1. The molecule has 8 heteroatoms. The van der Waals surface area contributed by atoms with E-state index in [-0.39, 0.29) is 11.6 Å². The summed E-state index contributed by atoms with van der Waals surface area (Å²) < 4.78 is 1.78. The summed E-state index contributed by atoms with van der Waals surface area (Å²) in [5, 5.41) is 24.9. The van der Waals surface area contributed by atoms with Gasteiger partial charge < -0.3 is 10.0 Å². The molecule has 180 valence electrons. The van der Waals surface area contributed by atoms with E-state index in [1.807, 2.05) is 48.7 Å². The largest absolute Gasteiger partial charge is 0.477 e. The van der Waals surface area contributed by atoms with Crippen LogP contribution in [0.4, 0.5) is 5.82 Å². The molecule has 0 amide bonds. The van der Waals surface area contributed by atoms with Crippen LogP contribution in [0.25, 0.3) is 27.8 Å². The Bertz CT molecular complexity index is 1460. The summed E-state index contributed by atoms with van der Waals surface area (Å²) >= 11 is 0. The summed E-state index contributed by atoms with van der Waals surface area (Å²) in [6, 6.07) is 17.7. The first kappa shape index (κ1) is 22.2. The van der Waals surface area contributed by atoms with Crippen LogP contribution in [0.5, 0.6) is 0 Å². The number of nitriles is 1. The first-order valence-corrected chi connectivity index (χ1v) is 12.5. The summed E-state index contributed by atoms with van der Waals surface area (Å²) in [5.41, 5.74) is 4.00. The highest BCUT2D eigenvalue weighted by atomic mass is 16.4. The van der Waals surface area contributed by atoms with Crippen LogP contribution in [0, 0.1) is 17.2 Å². The maximum Gasteiger partial charge on any atom is 0.354 e. The molecular weight excluding hydrogens is 452 g/mol. The standard InChI is InChI=1S/C28H26N6O2/c29-16-18-11-13-33(14-12-18)24-10-9-20(17-30-24)22-15-23(28(35)36)31-27-25(22)26(19-5-4-6-19)32-34(27)21-7-2-1-3-8-21/h1-3,7-10,15,17-19H,4-6,11-14H2,(H,35,36). The van der Waals surface area contributed by atoms with Gasteiger partial charge in [0.25, 0.3) is 0 Å². The quantitative estimate of drug-likeness (QED) is 0.421. The zero-order valence-electron chi connectivity index (χ0n) is 19.8. The van der Waals surface area contributed by atoms with Crippen molar-refractivity contribution in [3.63, 3.8) is 0 Å². The number of piperidine rings is 1. The average molecular weight is 479 g/mol. The van der Waals surface area contributed by atoms with Gasteiger partial charge in [0.2, 0.25) is 0 Å². The number of carboxylic acid groups (broad SMARTS) is 1. The van der Waals surface area contributed by atoms with Gasteiger partial charge in [-0.05, 0) is 61.6 Å². The molecule has 0 bridgehead atoms. The lowest BCUT2D eigenvalue weighted by molar-refractivity contribution is 0.0691. The van der Waals surface area contributed by atoms with Crippen molar-refractivity contribution in [2.75, 3.05) is 18.0 Å². The topological polar surface area (TPSA) is 108 Å². The van der Waals surface area contributed by atoms with Gasteiger partial charge in [-0.2, -0.15) is 10.4 Å². The Morgan fingerprint density at radius 2 is 1.83 bits per heavy atom. The number of benzene rings is 1. The molecular formula is C28H26N6O2. The molecule has 1 N–H and O–H groups in total. The molecule has 0 unspecified atom stereocenters. The van der Waals surface area contributed by atoms with Gasteiger partial charge in [0, 0.05) is 36.7 Å². The number of pyridine rings is 2. The highest BCUT2D eigenvalue weighted by molar-refractivity contribution is 6.00. The van der Waals surface area contributed by atoms with Crippen LogP contribution in [-0.4, -0.2) is 43.9 Å². The molecule has 2 aliphatic rings. The van der Waals surface area contributed by atoms with E-state index < -0.39 is 5.97 Å². The van der Waals surface area contributed by atoms with Crippen LogP contribution in [0.15, 0.2) is 54.7 Å². The number of anilines is 1. The molecule has 1 aromatic carbocycles. The second kappa shape index (κ2) is 9.08. The Balaban J connectivity index is 1.48. The van der Waals surface area contributed by atoms with Gasteiger partial charge in [0.15, 0.2) is 11.3 Å². The van der Waals surface area contributed by atoms with Crippen molar-refractivity contribution in [2.24, 2.45) is 5.92 Å². The minimum absolute atomic E-state index is 0.0163. The second-order valence-corrected chi connectivity index (χ2v) is 9.61. The molecule has 1 saturated carbocycles. The van der Waals surface area contributed by atoms with Gasteiger partial charge in [-0.25, -0.2) is 19.4 Å². The summed E-state index contributed by atoms with van der Waals surface area (Å²) in [5.74, 6) is 0.251. The summed E-state index contributed by atoms with van der Waals surface area (Å²) in [6.07, 6.45) is 6.80. The number of aromatic nitrogens is 4. The first-order chi connectivity index (χ1) is 17.6. The number of fused-ring (bicyclic) bond motifs is 1. The van der Waals surface area contributed by atoms with Gasteiger partial charge in [-0.15, -0.1) is 0 Å². The molecule has 0 atom stereocenters. The summed E-state index contributed by atoms with van der Waals surface area (Å²) in [7, 11) is 0. The smallest absolute Gasteiger partial charge is 0.354 e. The Hall–Kier alpha value is -4.25. The molecule has 3 aromatic heterocycles. The number of para-hydroxylation sites is 1. The average Bonchev–Trinajstić information content (AvgIpc) is 3.27. The molecule has 4 heterocycles. The van der Waals surface area contributed by atoms with E-state index in [0.717, 1.165) is 72.5 Å². The Kier molecular flexibility index (Phi) is 5.61. The third-order valence-electron chi connectivity index (χ3n) is 7.44. The second-order valence-electron chi connectivity index (χ2n) is 9.61. The molecule has 1 aliphatic carbocycles. The van der Waals surface area contributed by atoms with Crippen molar-refractivity contribution in [1.82, 2.24) is 19.7 Å². The maximum absolute atomic E-state index is 12.1. The van der Waals surface area contributed by atoms with Crippen molar-refractivity contribution in [3.8, 4) is 22.9 Å². The third kappa shape index (κ3) is 3.87. The summed E-state index contributed by atoms with van der Waals surface area (Å²) in [4.78, 5) is 23.5. The Morgan fingerprint density at radius 3 is 2.44 bits per heavy atom. The van der Waals surface area contributed by atoms with Crippen molar-refractivity contribution >= 4 is 22.8 Å². The van der Waals surface area contributed by atoms with Crippen molar-refractivity contribution < 1.29 is 9.90 Å². The molecule has 2 fully saturated rings. The van der Waals surface area contributed by atoms with Gasteiger partial charge in [0.1, 0.15) is 5.82 Å². The number of aromatic carboxylic acids is 1. The monoisotopic (exact) mass is 478 g/mol. The molecule has 4 aromatic rings. The fourth-order valence-corrected chi connectivity index (χ4v) is 5.17. The molecule has 36 heavy (non-hydrogen) atoms. The van der Waals surface area contributed by atoms with Gasteiger partial charge in [-0.3, -0.25) is 0 Å². The Labute approximate surface area is 208 Å². The minimum Gasteiger partial charge on any atom is -0.477 e. The number of carbonyl (C=O) groups is 1. The predicted molar refractivity (Wildman–Crippen MR) is 136 cm³/mol. The lowest BCUT2D eigenvalue weighted by Crippen LogP contribution is -2.33. The zero-order chi connectivity index (χ0) is 24.6. The van der Waals surface area contributed by atoms with Crippen LogP contribution < -0.4 is 4.90 Å². The molecule has 1 saturated heterocycles. The minimum atomic E-state index is -1.07. The van der Waals surface area contributed by atoms with Gasteiger partial charge >= 0.3 is 5.97 Å². The van der Waals surface area contributed by atoms with Crippen molar-refractivity contribution in [2.45, 2.75) is 38.0 Å². The fourth-order valence-electron chi connectivity index (χ4n) is 5.17. The normalized spacial score (nSPS) is 16.6. The van der Waals surface area contributed by atoms with E-state index in [0.29, 0.717) is 11.6 Å². The first-order valence-electron chi connectivity index (χ1n) is 12.5. The zero-order valence-corrected chi connectivity index (χ0v) is 19.8. The van der Waals surface area contributed by atoms with E-state index in [9.17, 15) is 15.2 Å². The van der Waals surface area contributed by atoms with E-state index in [4.69, 9.17) is 10.1 Å². The molecule has 6 rings (SSSR count). The highest BCUT2D eigenvalue weighted by Crippen LogP contribution is 2.42. The van der Waals surface area contributed by atoms with E-state index in [1.165, 1.54) is 6.42 Å². The van der Waals surface area contributed by atoms with Crippen molar-refractivity contribution in [3.05, 3.63) is 66.1 Å². The molecule has 8 nitrogen and oxygen atoms in total. The number of rotatable bonds is 5. The summed E-state index contributed by atoms with van der Waals surface area (Å²) in [6.45, 7) is 1.62. The fraction of sp³-hybridized carbons (Fsp3) is 0.321. The van der Waals surface area contributed by atoms with Crippen LogP contribution in [0.3, 0.4) is 0 Å². The van der Waals surface area contributed by atoms with E-state index >= 15 is 0 Å². The molecule has 0 radical (unpaired) electrons. The van der Waals surface area contributed by atoms with Crippen LogP contribution in [-0.2, 0) is 0 Å². The third-order valence-corrected chi connectivity index (χ3v) is 7.44.